The number of ether oxygens (including phenoxy) is 1. The molecule has 0 amide bonds. The molecule has 0 saturated carbocycles. The van der Waals surface area contributed by atoms with Gasteiger partial charge in [-0.2, -0.15) is 0 Å². The van der Waals surface area contributed by atoms with Crippen LogP contribution in [0.3, 0.4) is 0 Å². The maximum absolute atomic E-state index is 11.7. The van der Waals surface area contributed by atoms with Crippen molar-refractivity contribution in [3.8, 4) is 0 Å². The highest BCUT2D eigenvalue weighted by atomic mass is 127. The van der Waals surface area contributed by atoms with Gasteiger partial charge in [-0.1, -0.05) is 29.5 Å². The lowest BCUT2D eigenvalue weighted by molar-refractivity contribution is -0.00621. The van der Waals surface area contributed by atoms with Gasteiger partial charge in [-0.25, -0.2) is 4.79 Å². The van der Waals surface area contributed by atoms with Gasteiger partial charge in [-0.3, -0.25) is 14.3 Å². The van der Waals surface area contributed by atoms with E-state index in [1.54, 1.807) is 0 Å². The Morgan fingerprint density at radius 1 is 1.61 bits per heavy atom. The van der Waals surface area contributed by atoms with Crippen LogP contribution in [-0.4, -0.2) is 31.3 Å². The lowest BCUT2D eigenvalue weighted by atomic mass is 10.2. The number of hydrogen-bond donors (Lipinski definition) is 2. The smallest absolute Gasteiger partial charge is 0.330 e. The number of aromatic nitrogens is 2. The highest BCUT2D eigenvalue weighted by Crippen LogP contribution is 2.28. The molecule has 1 aromatic rings. The molecule has 3 atom stereocenters. The highest BCUT2D eigenvalue weighted by molar-refractivity contribution is 14.1. The van der Waals surface area contributed by atoms with Crippen molar-refractivity contribution in [3.05, 3.63) is 32.6 Å². The molecule has 1 saturated heterocycles. The van der Waals surface area contributed by atoms with E-state index in [1.807, 2.05) is 6.92 Å². The second-order valence-electron chi connectivity index (χ2n) is 4.26. The van der Waals surface area contributed by atoms with Crippen molar-refractivity contribution in [2.45, 2.75) is 38.2 Å². The third-order valence-electron chi connectivity index (χ3n) is 3.09. The molecule has 1 aromatic heterocycles. The predicted octanol–water partition coefficient (Wildman–Crippen LogP) is 0.182. The van der Waals surface area contributed by atoms with Crippen molar-refractivity contribution >= 4 is 22.6 Å². The minimum Gasteiger partial charge on any atom is -0.390 e. The van der Waals surface area contributed by atoms with Gasteiger partial charge in [0.15, 0.2) is 0 Å². The fraction of sp³-hybridized carbons (Fsp3) is 0.636. The van der Waals surface area contributed by atoms with Gasteiger partial charge in [0, 0.05) is 22.6 Å². The number of aliphatic hydroxyl groups excluding tert-OH is 1. The molecule has 0 aromatic carbocycles. The molecule has 6 nitrogen and oxygen atoms in total. The van der Waals surface area contributed by atoms with E-state index in [-0.39, 0.29) is 11.7 Å². The van der Waals surface area contributed by atoms with E-state index in [9.17, 15) is 14.7 Å². The Kier molecular flexibility index (Phi) is 4.23. The lowest BCUT2D eigenvalue weighted by Crippen LogP contribution is -2.34. The minimum atomic E-state index is -0.573. The van der Waals surface area contributed by atoms with Gasteiger partial charge in [-0.15, -0.1) is 0 Å². The van der Waals surface area contributed by atoms with Gasteiger partial charge in [0.2, 0.25) is 0 Å². The molecule has 1 aliphatic rings. The summed E-state index contributed by atoms with van der Waals surface area (Å²) in [4.78, 5) is 25.5. The van der Waals surface area contributed by atoms with E-state index in [0.29, 0.717) is 22.8 Å². The molecular weight excluding hydrogens is 351 g/mol. The van der Waals surface area contributed by atoms with E-state index >= 15 is 0 Å². The SMILES string of the molecule is CCc1cn([C@@H]2CC(O)[C@H](CI)O2)c(=O)[nH]c1=O. The topological polar surface area (TPSA) is 84.3 Å². The number of nitrogens with one attached hydrogen (secondary N) is 1. The van der Waals surface area contributed by atoms with Crippen LogP contribution < -0.4 is 11.2 Å². The van der Waals surface area contributed by atoms with Crippen molar-refractivity contribution in [1.29, 1.82) is 0 Å². The minimum absolute atomic E-state index is 0.264. The molecular formula is C11H15IN2O4. The maximum atomic E-state index is 11.7. The van der Waals surface area contributed by atoms with Crippen LogP contribution in [0.5, 0.6) is 0 Å². The Hall–Kier alpha value is -0.670. The first kappa shape index (κ1) is 13.8. The first-order chi connectivity index (χ1) is 8.56. The molecule has 1 fully saturated rings. The number of H-pyrrole nitrogens is 1. The van der Waals surface area contributed by atoms with Crippen LogP contribution in [0.25, 0.3) is 0 Å². The Morgan fingerprint density at radius 2 is 2.33 bits per heavy atom. The molecule has 100 valence electrons. The number of rotatable bonds is 3. The van der Waals surface area contributed by atoms with Crippen molar-refractivity contribution in [2.75, 3.05) is 4.43 Å². The summed E-state index contributed by atoms with van der Waals surface area (Å²) in [6.07, 6.45) is 1.09. The van der Waals surface area contributed by atoms with Gasteiger partial charge in [0.05, 0.1) is 12.2 Å². The van der Waals surface area contributed by atoms with Gasteiger partial charge >= 0.3 is 5.69 Å². The van der Waals surface area contributed by atoms with Crippen LogP contribution in [0.4, 0.5) is 0 Å². The Morgan fingerprint density at radius 3 is 2.89 bits per heavy atom. The second kappa shape index (κ2) is 5.54. The summed E-state index contributed by atoms with van der Waals surface area (Å²) in [5.74, 6) is 0. The van der Waals surface area contributed by atoms with Crippen LogP contribution in [-0.2, 0) is 11.2 Å². The predicted molar refractivity (Wildman–Crippen MR) is 74.1 cm³/mol. The summed E-state index contributed by atoms with van der Waals surface area (Å²) in [6.45, 7) is 1.84. The molecule has 2 N–H and O–H groups in total. The molecule has 0 spiro atoms. The van der Waals surface area contributed by atoms with Crippen LogP contribution in [0.1, 0.15) is 25.1 Å². The fourth-order valence-corrected chi connectivity index (χ4v) is 2.81. The lowest BCUT2D eigenvalue weighted by Gasteiger charge is -2.14. The van der Waals surface area contributed by atoms with E-state index in [0.717, 1.165) is 0 Å². The molecule has 7 heteroatoms. The van der Waals surface area contributed by atoms with Gasteiger partial charge in [-0.05, 0) is 6.42 Å². The average Bonchev–Trinajstić information content (AvgIpc) is 2.70. The van der Waals surface area contributed by atoms with E-state index in [4.69, 9.17) is 4.74 Å². The monoisotopic (exact) mass is 366 g/mol. The fourth-order valence-electron chi connectivity index (χ4n) is 2.02. The quantitative estimate of drug-likeness (QED) is 0.591. The third-order valence-corrected chi connectivity index (χ3v) is 3.96. The van der Waals surface area contributed by atoms with Crippen LogP contribution in [0.15, 0.2) is 15.8 Å². The Bertz CT molecular complexity index is 539. The van der Waals surface area contributed by atoms with Gasteiger partial charge in [0.1, 0.15) is 6.23 Å². The van der Waals surface area contributed by atoms with E-state index in [1.165, 1.54) is 10.8 Å². The number of aryl methyl sites for hydroxylation is 1. The average molecular weight is 366 g/mol. The number of hydrogen-bond acceptors (Lipinski definition) is 4. The first-order valence-corrected chi connectivity index (χ1v) is 7.33. The van der Waals surface area contributed by atoms with Crippen molar-refractivity contribution < 1.29 is 9.84 Å². The molecule has 0 radical (unpaired) electrons. The van der Waals surface area contributed by atoms with Crippen LogP contribution >= 0.6 is 22.6 Å². The van der Waals surface area contributed by atoms with Gasteiger partial charge < -0.3 is 9.84 Å². The standard InChI is InChI=1S/C11H15IN2O4/c1-2-6-5-14(11(17)13-10(6)16)9-3-7(15)8(4-12)18-9/h5,7-9,15H,2-4H2,1H3,(H,13,16,17)/t7?,8-,9-/m0/s1. The summed E-state index contributed by atoms with van der Waals surface area (Å²) in [6, 6.07) is 0. The summed E-state index contributed by atoms with van der Waals surface area (Å²) in [5, 5.41) is 9.78. The number of nitrogens with zero attached hydrogens (tertiary/aromatic N) is 1. The number of halogens is 1. The molecule has 0 bridgehead atoms. The van der Waals surface area contributed by atoms with Crippen LogP contribution in [0, 0.1) is 0 Å². The normalized spacial score (nSPS) is 27.6. The largest absolute Gasteiger partial charge is 0.390 e. The zero-order valence-corrected chi connectivity index (χ0v) is 12.1. The molecule has 1 unspecified atom stereocenters. The van der Waals surface area contributed by atoms with Gasteiger partial charge in [0.25, 0.3) is 5.56 Å². The molecule has 0 aliphatic carbocycles. The first-order valence-electron chi connectivity index (χ1n) is 5.80. The van der Waals surface area contributed by atoms with Crippen LogP contribution in [0.2, 0.25) is 0 Å². The van der Waals surface area contributed by atoms with E-state index in [2.05, 4.69) is 27.6 Å². The zero-order valence-electron chi connectivity index (χ0n) is 9.93. The molecule has 1 aliphatic heterocycles. The summed E-state index contributed by atoms with van der Waals surface area (Å²) < 4.78 is 7.63. The molecule has 2 heterocycles. The number of aromatic amines is 1. The van der Waals surface area contributed by atoms with Crippen molar-refractivity contribution in [1.82, 2.24) is 9.55 Å². The second-order valence-corrected chi connectivity index (χ2v) is 5.14. The summed E-state index contributed by atoms with van der Waals surface area (Å²) >= 11 is 2.13. The summed E-state index contributed by atoms with van der Waals surface area (Å²) in [5.41, 5.74) is -0.322. The highest BCUT2D eigenvalue weighted by Gasteiger charge is 2.34. The Balaban J connectivity index is 2.35. The van der Waals surface area contributed by atoms with Crippen molar-refractivity contribution in [3.63, 3.8) is 0 Å². The van der Waals surface area contributed by atoms with E-state index < -0.39 is 18.0 Å². The third kappa shape index (κ3) is 2.52. The molecule has 18 heavy (non-hydrogen) atoms. The summed E-state index contributed by atoms with van der Waals surface area (Å²) in [7, 11) is 0. The van der Waals surface area contributed by atoms with Crippen molar-refractivity contribution in [2.24, 2.45) is 0 Å². The Labute approximate surface area is 117 Å². The number of alkyl halides is 1. The zero-order chi connectivity index (χ0) is 13.3. The maximum Gasteiger partial charge on any atom is 0.330 e. The molecule has 2 rings (SSSR count). The number of aliphatic hydroxyl groups is 1.